The molecule has 1 aliphatic heterocycles. The average molecular weight is 791 g/mol. The number of nitrogens with zero attached hydrogens (tertiary/aromatic N) is 2. The lowest BCUT2D eigenvalue weighted by molar-refractivity contribution is 0.453. The van der Waals surface area contributed by atoms with Crippen LogP contribution < -0.4 is 15.5 Å². The molecule has 0 amide bonds. The molecule has 0 bridgehead atoms. The van der Waals surface area contributed by atoms with E-state index in [1.54, 1.807) is 0 Å². The van der Waals surface area contributed by atoms with Crippen molar-refractivity contribution in [2.45, 2.75) is 43.4 Å². The van der Waals surface area contributed by atoms with Crippen LogP contribution in [-0.2, 0) is 6.54 Å². The van der Waals surface area contributed by atoms with Crippen LogP contribution in [0.1, 0.15) is 53.1 Å². The van der Waals surface area contributed by atoms with Gasteiger partial charge in [-0.3, -0.25) is 10.6 Å². The third-order valence-corrected chi connectivity index (χ3v) is 13.1. The van der Waals surface area contributed by atoms with E-state index in [9.17, 15) is 0 Å². The lowest BCUT2D eigenvalue weighted by atomic mass is 9.81. The van der Waals surface area contributed by atoms with Crippen LogP contribution in [0.25, 0.3) is 27.5 Å². The maximum absolute atomic E-state index is 3.84. The predicted octanol–water partition coefficient (Wildman–Crippen LogP) is 12.8. The number of para-hydroxylation sites is 3. The summed E-state index contributed by atoms with van der Waals surface area (Å²) in [5, 5.41) is 10.2. The van der Waals surface area contributed by atoms with Gasteiger partial charge in [0.25, 0.3) is 0 Å². The first-order valence-corrected chi connectivity index (χ1v) is 21.9. The predicted molar refractivity (Wildman–Crippen MR) is 254 cm³/mol. The van der Waals surface area contributed by atoms with E-state index in [4.69, 9.17) is 0 Å². The van der Waals surface area contributed by atoms with Gasteiger partial charge in [-0.1, -0.05) is 176 Å². The van der Waals surface area contributed by atoms with Gasteiger partial charge in [-0.25, -0.2) is 0 Å². The second-order valence-electron chi connectivity index (χ2n) is 16.8. The zero-order valence-electron chi connectivity index (χ0n) is 34.3. The van der Waals surface area contributed by atoms with Crippen LogP contribution in [0.15, 0.2) is 229 Å². The molecule has 0 saturated heterocycles. The van der Waals surface area contributed by atoms with Crippen LogP contribution in [0.4, 0.5) is 5.69 Å². The number of benzene rings is 6. The Hall–Kier alpha value is -6.72. The van der Waals surface area contributed by atoms with E-state index in [1.165, 1.54) is 72.3 Å². The molecule has 1 aromatic heterocycles. The van der Waals surface area contributed by atoms with Gasteiger partial charge in [-0.2, -0.15) is 0 Å². The van der Waals surface area contributed by atoms with E-state index < -0.39 is 0 Å². The quantitative estimate of drug-likeness (QED) is 0.128. The SMILES string of the molecule is C1=CC(CNC(NCc2ccccc2)c2ccccc2)=CC(C2=CC3c4ccccc4N(C4=CC(c5ccc6c7ccccc7n(-c7ccccc7)c6c5)CC=C4)C3C=C2)C1. The van der Waals surface area contributed by atoms with Gasteiger partial charge in [0.15, 0.2) is 0 Å². The minimum atomic E-state index is 0.0400. The Morgan fingerprint density at radius 2 is 1.28 bits per heavy atom. The summed E-state index contributed by atoms with van der Waals surface area (Å²) >= 11 is 0. The highest BCUT2D eigenvalue weighted by Gasteiger charge is 2.39. The molecule has 0 fully saturated rings. The third kappa shape index (κ3) is 7.22. The zero-order valence-corrected chi connectivity index (χ0v) is 34.3. The number of fused-ring (bicyclic) bond motifs is 6. The highest BCUT2D eigenvalue weighted by atomic mass is 15.2. The largest absolute Gasteiger partial charge is 0.334 e. The molecule has 0 spiro atoms. The van der Waals surface area contributed by atoms with E-state index in [0.29, 0.717) is 5.92 Å². The fourth-order valence-electron chi connectivity index (χ4n) is 10.1. The summed E-state index contributed by atoms with van der Waals surface area (Å²) in [5.41, 5.74) is 14.3. The Morgan fingerprint density at radius 1 is 0.574 bits per heavy atom. The van der Waals surface area contributed by atoms with Crippen LogP contribution >= 0.6 is 0 Å². The molecule has 6 aromatic carbocycles. The van der Waals surface area contributed by atoms with Crippen molar-refractivity contribution in [2.75, 3.05) is 11.4 Å². The molecule has 4 nitrogen and oxygen atoms in total. The van der Waals surface area contributed by atoms with E-state index in [1.807, 2.05) is 0 Å². The molecule has 11 rings (SSSR count). The average Bonchev–Trinajstić information content (AvgIpc) is 3.85. The molecular weight excluding hydrogens is 741 g/mol. The summed E-state index contributed by atoms with van der Waals surface area (Å²) < 4.78 is 2.43. The van der Waals surface area contributed by atoms with Crippen molar-refractivity contribution in [3.63, 3.8) is 0 Å². The van der Waals surface area contributed by atoms with Crippen molar-refractivity contribution in [3.8, 4) is 5.69 Å². The van der Waals surface area contributed by atoms with Crippen molar-refractivity contribution >= 4 is 27.5 Å². The molecule has 5 unspecified atom stereocenters. The number of anilines is 1. The topological polar surface area (TPSA) is 32.2 Å². The summed E-state index contributed by atoms with van der Waals surface area (Å²) in [6, 6.07) is 57.4. The second-order valence-corrected chi connectivity index (χ2v) is 16.8. The summed E-state index contributed by atoms with van der Waals surface area (Å²) in [6.45, 7) is 1.59. The molecule has 5 atom stereocenters. The third-order valence-electron chi connectivity index (χ3n) is 13.1. The summed E-state index contributed by atoms with van der Waals surface area (Å²) in [7, 11) is 0. The maximum atomic E-state index is 3.84. The number of allylic oxidation sites excluding steroid dienone is 7. The Kier molecular flexibility index (Phi) is 10.0. The van der Waals surface area contributed by atoms with Crippen LogP contribution in [0.5, 0.6) is 0 Å². The maximum Gasteiger partial charge on any atom is 0.0840 e. The number of hydrogen-bond acceptors (Lipinski definition) is 3. The van der Waals surface area contributed by atoms with Gasteiger partial charge in [-0.05, 0) is 82.6 Å². The monoisotopic (exact) mass is 790 g/mol. The lowest BCUT2D eigenvalue weighted by Gasteiger charge is -2.33. The van der Waals surface area contributed by atoms with Crippen molar-refractivity contribution in [1.29, 1.82) is 0 Å². The molecule has 7 aromatic rings. The van der Waals surface area contributed by atoms with Gasteiger partial charge in [0, 0.05) is 58.7 Å². The molecule has 61 heavy (non-hydrogen) atoms. The normalized spacial score (nSPS) is 20.9. The Morgan fingerprint density at radius 3 is 2.15 bits per heavy atom. The van der Waals surface area contributed by atoms with Crippen molar-refractivity contribution in [1.82, 2.24) is 15.2 Å². The minimum Gasteiger partial charge on any atom is -0.334 e. The number of hydrogen-bond donors (Lipinski definition) is 2. The molecular formula is C57H50N4. The first-order chi connectivity index (χ1) is 30.2. The first-order valence-electron chi connectivity index (χ1n) is 21.9. The van der Waals surface area contributed by atoms with Crippen LogP contribution in [-0.4, -0.2) is 17.2 Å². The van der Waals surface area contributed by atoms with E-state index in [2.05, 4.69) is 233 Å². The van der Waals surface area contributed by atoms with Crippen LogP contribution in [0.3, 0.4) is 0 Å². The van der Waals surface area contributed by atoms with Crippen molar-refractivity contribution < 1.29 is 0 Å². The van der Waals surface area contributed by atoms with Gasteiger partial charge in [0.05, 0.1) is 23.2 Å². The number of aromatic nitrogens is 1. The fraction of sp³-hybridized carbons (Fsp3) is 0.158. The Bertz CT molecular complexity index is 2890. The molecule has 4 aliphatic rings. The standard InChI is InChI=1S/C57H50N4/c1-4-16-40(17-5-1)38-58-57(42-19-6-2-7-20-42)59-39-41-18-14-21-43(34-41)45-31-33-55-52(36-45)50-27-11-13-29-54(50)61(55)48-25-15-22-44(35-48)46-30-32-51-49-26-10-12-28-53(49)60(56(51)37-46)47-23-8-3-9-24-47/h1-20,23-37,43-44,52,55,57-59H,21-22,38-39H2. The molecule has 3 aliphatic carbocycles. The van der Waals surface area contributed by atoms with Crippen LogP contribution in [0, 0.1) is 5.92 Å². The summed E-state index contributed by atoms with van der Waals surface area (Å²) in [6.07, 6.45) is 23.9. The highest BCUT2D eigenvalue weighted by molar-refractivity contribution is 6.09. The molecule has 4 heteroatoms. The smallest absolute Gasteiger partial charge is 0.0840 e. The summed E-state index contributed by atoms with van der Waals surface area (Å²) in [5.74, 6) is 0.902. The zero-order chi connectivity index (χ0) is 40.5. The minimum absolute atomic E-state index is 0.0400. The van der Waals surface area contributed by atoms with E-state index in [-0.39, 0.29) is 24.0 Å². The van der Waals surface area contributed by atoms with Gasteiger partial charge in [0.2, 0.25) is 0 Å². The van der Waals surface area contributed by atoms with E-state index >= 15 is 0 Å². The molecule has 0 saturated carbocycles. The second kappa shape index (κ2) is 16.4. The van der Waals surface area contributed by atoms with Crippen molar-refractivity contribution in [3.05, 3.63) is 252 Å². The van der Waals surface area contributed by atoms with E-state index in [0.717, 1.165) is 25.9 Å². The van der Waals surface area contributed by atoms with Gasteiger partial charge < -0.3 is 9.47 Å². The van der Waals surface area contributed by atoms with Gasteiger partial charge in [-0.15, -0.1) is 0 Å². The Balaban J connectivity index is 0.849. The Labute approximate surface area is 359 Å². The summed E-state index contributed by atoms with van der Waals surface area (Å²) in [4.78, 5) is 2.60. The van der Waals surface area contributed by atoms with Crippen molar-refractivity contribution in [2.24, 2.45) is 5.92 Å². The van der Waals surface area contributed by atoms with Gasteiger partial charge >= 0.3 is 0 Å². The molecule has 2 N–H and O–H groups in total. The first kappa shape index (κ1) is 37.3. The van der Waals surface area contributed by atoms with Crippen LogP contribution in [0.2, 0.25) is 0 Å². The lowest BCUT2D eigenvalue weighted by Crippen LogP contribution is -2.35. The molecule has 2 heterocycles. The number of rotatable bonds is 11. The van der Waals surface area contributed by atoms with Gasteiger partial charge in [0.1, 0.15) is 0 Å². The highest BCUT2D eigenvalue weighted by Crippen LogP contribution is 2.49. The molecule has 0 radical (unpaired) electrons. The number of nitrogens with one attached hydrogen (secondary N) is 2. The molecule has 298 valence electrons. The fourth-order valence-corrected chi connectivity index (χ4v) is 10.1.